The largest absolute Gasteiger partial charge is 0.481 e. The van der Waals surface area contributed by atoms with Crippen molar-refractivity contribution >= 4 is 23.8 Å². The van der Waals surface area contributed by atoms with Crippen LogP contribution in [0.5, 0.6) is 0 Å². The first-order valence-corrected chi connectivity index (χ1v) is 8.22. The Hall–Kier alpha value is -1.69. The number of carbonyl (C=O) groups excluding carboxylic acids is 1. The van der Waals surface area contributed by atoms with Gasteiger partial charge in [0.25, 0.3) is 0 Å². The van der Waals surface area contributed by atoms with Crippen LogP contribution in [0.15, 0.2) is 24.3 Å². The molecule has 22 heavy (non-hydrogen) atoms. The maximum absolute atomic E-state index is 12.0. The van der Waals surface area contributed by atoms with Crippen LogP contribution in [0.2, 0.25) is 0 Å². The number of hydrogen-bond donors (Lipinski definition) is 2. The highest BCUT2D eigenvalue weighted by Crippen LogP contribution is 2.41. The summed E-state index contributed by atoms with van der Waals surface area (Å²) in [5.74, 6) is -0.851. The molecule has 0 aliphatic heterocycles. The van der Waals surface area contributed by atoms with E-state index in [2.05, 4.69) is 5.32 Å². The first-order chi connectivity index (χ1) is 10.3. The van der Waals surface area contributed by atoms with Crippen molar-refractivity contribution in [2.75, 3.05) is 5.75 Å². The van der Waals surface area contributed by atoms with Crippen molar-refractivity contribution in [3.05, 3.63) is 35.4 Å². The molecule has 2 rings (SSSR count). The minimum Gasteiger partial charge on any atom is -0.481 e. The lowest BCUT2D eigenvalue weighted by molar-refractivity contribution is -0.133. The summed E-state index contributed by atoms with van der Waals surface area (Å²) < 4.78 is 5.30. The molecule has 1 aromatic carbocycles. The normalized spacial score (nSPS) is 20.3. The van der Waals surface area contributed by atoms with Gasteiger partial charge < -0.3 is 15.2 Å². The number of benzene rings is 1. The van der Waals surface area contributed by atoms with Gasteiger partial charge in [-0.05, 0) is 38.3 Å². The van der Waals surface area contributed by atoms with Crippen LogP contribution in [0, 0.1) is 0 Å². The van der Waals surface area contributed by atoms with Gasteiger partial charge in [-0.1, -0.05) is 24.3 Å². The number of alkyl carbamates (subject to hydrolysis) is 1. The van der Waals surface area contributed by atoms with Crippen LogP contribution in [-0.2, 0) is 16.0 Å². The van der Waals surface area contributed by atoms with Gasteiger partial charge in [0.1, 0.15) is 5.60 Å². The third-order valence-corrected chi connectivity index (χ3v) is 4.61. The fraction of sp³-hybridized carbons (Fsp3) is 0.500. The lowest BCUT2D eigenvalue weighted by Crippen LogP contribution is -2.40. The molecule has 0 heterocycles. The Bertz CT molecular complexity index is 568. The predicted octanol–water partition coefficient (Wildman–Crippen LogP) is 2.99. The summed E-state index contributed by atoms with van der Waals surface area (Å²) >= 11 is 1.33. The van der Waals surface area contributed by atoms with Crippen LogP contribution in [0.25, 0.3) is 0 Å². The summed E-state index contributed by atoms with van der Waals surface area (Å²) in [5.41, 5.74) is 1.68. The second-order valence-electron chi connectivity index (χ2n) is 6.28. The Morgan fingerprint density at radius 2 is 2.05 bits per heavy atom. The van der Waals surface area contributed by atoms with E-state index in [9.17, 15) is 9.59 Å². The number of amides is 1. The monoisotopic (exact) mass is 323 g/mol. The van der Waals surface area contributed by atoms with Crippen LogP contribution in [0.4, 0.5) is 4.79 Å². The molecule has 0 bridgehead atoms. The number of rotatable bonds is 4. The average molecular weight is 323 g/mol. The smallest absolute Gasteiger partial charge is 0.407 e. The van der Waals surface area contributed by atoms with E-state index in [4.69, 9.17) is 9.84 Å². The van der Waals surface area contributed by atoms with Crippen LogP contribution in [0.1, 0.15) is 37.1 Å². The highest BCUT2D eigenvalue weighted by atomic mass is 32.2. The zero-order valence-electron chi connectivity index (χ0n) is 13.0. The average Bonchev–Trinajstić information content (AvgIpc) is 2.71. The highest BCUT2D eigenvalue weighted by molar-refractivity contribution is 8.00. The number of fused-ring (bicyclic) bond motifs is 1. The quantitative estimate of drug-likeness (QED) is 0.891. The minimum atomic E-state index is -0.856. The molecule has 0 fully saturated rings. The highest BCUT2D eigenvalue weighted by Gasteiger charge is 2.35. The number of carboxylic acid groups (broad SMARTS) is 1. The van der Waals surface area contributed by atoms with Crippen molar-refractivity contribution in [3.8, 4) is 0 Å². The lowest BCUT2D eigenvalue weighted by Gasteiger charge is -2.24. The molecule has 0 spiro atoms. The van der Waals surface area contributed by atoms with Gasteiger partial charge in [-0.3, -0.25) is 4.79 Å². The SMILES string of the molecule is CC(C)(C)OC(=O)N[C@@H]1Cc2ccccc2[C@H]1SCC(=O)O. The number of ether oxygens (including phenoxy) is 1. The number of nitrogens with one attached hydrogen (secondary N) is 1. The Morgan fingerprint density at radius 3 is 2.68 bits per heavy atom. The van der Waals surface area contributed by atoms with Crippen LogP contribution in [0.3, 0.4) is 0 Å². The van der Waals surface area contributed by atoms with Crippen molar-refractivity contribution in [2.24, 2.45) is 0 Å². The molecule has 1 aromatic rings. The number of aliphatic carboxylic acids is 1. The minimum absolute atomic E-state index is 0.00546. The molecule has 0 unspecified atom stereocenters. The van der Waals surface area contributed by atoms with Gasteiger partial charge >= 0.3 is 12.1 Å². The van der Waals surface area contributed by atoms with Crippen molar-refractivity contribution in [2.45, 2.75) is 44.1 Å². The molecule has 1 amide bonds. The van der Waals surface area contributed by atoms with Crippen molar-refractivity contribution < 1.29 is 19.4 Å². The number of hydrogen-bond acceptors (Lipinski definition) is 4. The summed E-state index contributed by atoms with van der Waals surface area (Å²) in [5, 5.41) is 11.7. The summed E-state index contributed by atoms with van der Waals surface area (Å²) in [6, 6.07) is 7.74. The van der Waals surface area contributed by atoms with Crippen LogP contribution >= 0.6 is 11.8 Å². The van der Waals surface area contributed by atoms with Crippen molar-refractivity contribution in [3.63, 3.8) is 0 Å². The van der Waals surface area contributed by atoms with Gasteiger partial charge in [-0.25, -0.2) is 4.79 Å². The third-order valence-electron chi connectivity index (χ3n) is 3.26. The molecule has 5 nitrogen and oxygen atoms in total. The summed E-state index contributed by atoms with van der Waals surface area (Å²) in [7, 11) is 0. The molecule has 0 radical (unpaired) electrons. The first-order valence-electron chi connectivity index (χ1n) is 7.17. The van der Waals surface area contributed by atoms with E-state index in [-0.39, 0.29) is 17.0 Å². The lowest BCUT2D eigenvalue weighted by atomic mass is 10.1. The second kappa shape index (κ2) is 6.60. The van der Waals surface area contributed by atoms with E-state index in [0.29, 0.717) is 6.42 Å². The van der Waals surface area contributed by atoms with E-state index >= 15 is 0 Å². The molecule has 1 aliphatic carbocycles. The Labute approximate surface area is 134 Å². The van der Waals surface area contributed by atoms with Crippen molar-refractivity contribution in [1.29, 1.82) is 0 Å². The molecule has 0 saturated heterocycles. The third kappa shape index (κ3) is 4.40. The van der Waals surface area contributed by atoms with Gasteiger partial charge in [0.15, 0.2) is 0 Å². The molecule has 120 valence electrons. The summed E-state index contributed by atoms with van der Waals surface area (Å²) in [6.45, 7) is 5.44. The van der Waals surface area contributed by atoms with E-state index in [0.717, 1.165) is 11.1 Å². The van der Waals surface area contributed by atoms with Gasteiger partial charge in [0.2, 0.25) is 0 Å². The van der Waals surface area contributed by atoms with Crippen LogP contribution in [-0.4, -0.2) is 34.6 Å². The summed E-state index contributed by atoms with van der Waals surface area (Å²) in [6.07, 6.45) is 0.221. The number of thioether (sulfide) groups is 1. The number of carbonyl (C=O) groups is 2. The van der Waals surface area contributed by atoms with E-state index in [1.54, 1.807) is 0 Å². The Morgan fingerprint density at radius 1 is 1.36 bits per heavy atom. The number of carboxylic acids is 1. The maximum atomic E-state index is 12.0. The second-order valence-corrected chi connectivity index (χ2v) is 7.41. The fourth-order valence-electron chi connectivity index (χ4n) is 2.51. The summed E-state index contributed by atoms with van der Waals surface area (Å²) in [4.78, 5) is 22.8. The molecular formula is C16H21NO4S. The topological polar surface area (TPSA) is 75.6 Å². The molecule has 2 atom stereocenters. The maximum Gasteiger partial charge on any atom is 0.407 e. The van der Waals surface area contributed by atoms with Crippen LogP contribution < -0.4 is 5.32 Å². The Balaban J connectivity index is 2.09. The molecular weight excluding hydrogens is 302 g/mol. The fourth-order valence-corrected chi connectivity index (χ4v) is 3.64. The molecule has 0 saturated carbocycles. The van der Waals surface area contributed by atoms with E-state index in [1.165, 1.54) is 11.8 Å². The van der Waals surface area contributed by atoms with Gasteiger partial charge in [-0.2, -0.15) is 0 Å². The van der Waals surface area contributed by atoms with E-state index in [1.807, 2.05) is 45.0 Å². The van der Waals surface area contributed by atoms with Gasteiger partial charge in [-0.15, -0.1) is 11.8 Å². The van der Waals surface area contributed by atoms with E-state index < -0.39 is 17.7 Å². The zero-order chi connectivity index (χ0) is 16.3. The molecule has 2 N–H and O–H groups in total. The van der Waals surface area contributed by atoms with Gasteiger partial charge in [0.05, 0.1) is 17.0 Å². The van der Waals surface area contributed by atoms with Gasteiger partial charge in [0, 0.05) is 0 Å². The molecule has 6 heteroatoms. The standard InChI is InChI=1S/C16H21NO4S/c1-16(2,3)21-15(20)17-12-8-10-6-4-5-7-11(10)14(12)22-9-13(18)19/h4-7,12,14H,8-9H2,1-3H3,(H,17,20)(H,18,19)/t12-,14-/m1/s1. The molecule has 1 aliphatic rings. The van der Waals surface area contributed by atoms with Crippen molar-refractivity contribution in [1.82, 2.24) is 5.32 Å². The Kier molecular flexibility index (Phi) is 5.01. The predicted molar refractivity (Wildman–Crippen MR) is 86.1 cm³/mol. The first kappa shape index (κ1) is 16.7. The molecule has 0 aromatic heterocycles. The zero-order valence-corrected chi connectivity index (χ0v) is 13.8.